The van der Waals surface area contributed by atoms with E-state index in [1.807, 2.05) is 0 Å². The summed E-state index contributed by atoms with van der Waals surface area (Å²) in [7, 11) is 0. The highest BCUT2D eigenvalue weighted by molar-refractivity contribution is 5.73. The van der Waals surface area contributed by atoms with E-state index in [0.717, 1.165) is 12.1 Å². The Morgan fingerprint density at radius 3 is 2.63 bits per heavy atom. The second kappa shape index (κ2) is 6.21. The molecule has 104 valence electrons. The molecule has 3 nitrogen and oxygen atoms in total. The van der Waals surface area contributed by atoms with Crippen molar-refractivity contribution in [3.63, 3.8) is 0 Å². The van der Waals surface area contributed by atoms with Crippen molar-refractivity contribution in [1.82, 2.24) is 5.32 Å². The third kappa shape index (κ3) is 5.89. The number of carbonyl (C=O) groups excluding carboxylic acids is 1. The van der Waals surface area contributed by atoms with Crippen molar-refractivity contribution in [2.24, 2.45) is 0 Å². The summed E-state index contributed by atoms with van der Waals surface area (Å²) >= 11 is 0. The fraction of sp³-hybridized carbons (Fsp3) is 0.250. The minimum atomic E-state index is -4.85. The van der Waals surface area contributed by atoms with Crippen molar-refractivity contribution in [2.45, 2.75) is 13.3 Å². The molecule has 0 fully saturated rings. The summed E-state index contributed by atoms with van der Waals surface area (Å²) in [6.07, 6.45) is -2.03. The number of nitrogens with one attached hydrogen (secondary N) is 1. The van der Waals surface area contributed by atoms with Gasteiger partial charge in [0.25, 0.3) is 0 Å². The monoisotopic (exact) mass is 277 g/mol. The molecule has 0 radical (unpaired) electrons. The van der Waals surface area contributed by atoms with Gasteiger partial charge in [-0.05, 0) is 12.1 Å². The number of halogens is 4. The fourth-order valence-corrected chi connectivity index (χ4v) is 1.23. The molecular formula is C12H11F4NO2. The van der Waals surface area contributed by atoms with Gasteiger partial charge in [0.15, 0.2) is 0 Å². The van der Waals surface area contributed by atoms with Gasteiger partial charge in [-0.2, -0.15) is 0 Å². The smallest absolute Gasteiger partial charge is 0.406 e. The Bertz CT molecular complexity index is 483. The standard InChI is InChI=1S/C12H11F4NO2/c1-8(18)17-6-2-3-9-4-5-10(7-11(9)13)19-12(14,15)16/h2-5,7H,6H2,1H3,(H,17,18). The molecule has 0 aliphatic rings. The van der Waals surface area contributed by atoms with Gasteiger partial charge in [0.05, 0.1) is 0 Å². The predicted molar refractivity (Wildman–Crippen MR) is 60.8 cm³/mol. The van der Waals surface area contributed by atoms with Crippen LogP contribution in [0.1, 0.15) is 12.5 Å². The van der Waals surface area contributed by atoms with Gasteiger partial charge in [0.1, 0.15) is 11.6 Å². The Kier molecular flexibility index (Phi) is 4.91. The van der Waals surface area contributed by atoms with E-state index in [4.69, 9.17) is 0 Å². The summed E-state index contributed by atoms with van der Waals surface area (Å²) < 4.78 is 52.7. The molecule has 0 spiro atoms. The van der Waals surface area contributed by atoms with Crippen LogP contribution in [0.3, 0.4) is 0 Å². The van der Waals surface area contributed by atoms with Crippen LogP contribution in [0.4, 0.5) is 17.6 Å². The van der Waals surface area contributed by atoms with Crippen LogP contribution in [-0.2, 0) is 4.79 Å². The van der Waals surface area contributed by atoms with E-state index >= 15 is 0 Å². The SMILES string of the molecule is CC(=O)NCC=Cc1ccc(OC(F)(F)F)cc1F. The molecular weight excluding hydrogens is 266 g/mol. The van der Waals surface area contributed by atoms with Gasteiger partial charge >= 0.3 is 6.36 Å². The highest BCUT2D eigenvalue weighted by atomic mass is 19.4. The average molecular weight is 277 g/mol. The van der Waals surface area contributed by atoms with Crippen LogP contribution in [-0.4, -0.2) is 18.8 Å². The summed E-state index contributed by atoms with van der Waals surface area (Å²) in [4.78, 5) is 10.6. The molecule has 1 aromatic carbocycles. The van der Waals surface area contributed by atoms with Crippen molar-refractivity contribution >= 4 is 12.0 Å². The summed E-state index contributed by atoms with van der Waals surface area (Å²) in [5.74, 6) is -1.70. The first-order valence-corrected chi connectivity index (χ1v) is 5.24. The van der Waals surface area contributed by atoms with E-state index in [9.17, 15) is 22.4 Å². The molecule has 0 atom stereocenters. The van der Waals surface area contributed by atoms with Crippen LogP contribution in [0, 0.1) is 5.82 Å². The summed E-state index contributed by atoms with van der Waals surface area (Å²) in [6, 6.07) is 2.81. The van der Waals surface area contributed by atoms with Crippen LogP contribution in [0.5, 0.6) is 5.75 Å². The van der Waals surface area contributed by atoms with E-state index < -0.39 is 17.9 Å². The Morgan fingerprint density at radius 1 is 1.42 bits per heavy atom. The molecule has 0 aromatic heterocycles. The van der Waals surface area contributed by atoms with Gasteiger partial charge in [-0.25, -0.2) is 4.39 Å². The van der Waals surface area contributed by atoms with Gasteiger partial charge in [-0.3, -0.25) is 4.79 Å². The number of carbonyl (C=O) groups is 1. The lowest BCUT2D eigenvalue weighted by Crippen LogP contribution is -2.19. The highest BCUT2D eigenvalue weighted by Crippen LogP contribution is 2.24. The molecule has 0 bridgehead atoms. The van der Waals surface area contributed by atoms with Gasteiger partial charge in [0.2, 0.25) is 5.91 Å². The average Bonchev–Trinajstić information content (AvgIpc) is 2.24. The lowest BCUT2D eigenvalue weighted by atomic mass is 10.2. The molecule has 1 amide bonds. The molecule has 0 saturated heterocycles. The zero-order chi connectivity index (χ0) is 14.5. The molecule has 0 saturated carbocycles. The van der Waals surface area contributed by atoms with Gasteiger partial charge in [-0.15, -0.1) is 13.2 Å². The number of hydrogen-bond acceptors (Lipinski definition) is 2. The van der Waals surface area contributed by atoms with E-state index in [1.165, 1.54) is 19.1 Å². The lowest BCUT2D eigenvalue weighted by Gasteiger charge is -2.09. The summed E-state index contributed by atoms with van der Waals surface area (Å²) in [5.41, 5.74) is 0.0971. The first-order valence-electron chi connectivity index (χ1n) is 5.24. The normalized spacial score (nSPS) is 11.6. The predicted octanol–water partition coefficient (Wildman–Crippen LogP) is 2.87. The Balaban J connectivity index is 2.69. The minimum Gasteiger partial charge on any atom is -0.406 e. The molecule has 1 N–H and O–H groups in total. The van der Waals surface area contributed by atoms with Crippen molar-refractivity contribution in [3.8, 4) is 5.75 Å². The molecule has 0 heterocycles. The number of hydrogen-bond donors (Lipinski definition) is 1. The number of benzene rings is 1. The largest absolute Gasteiger partial charge is 0.573 e. The minimum absolute atomic E-state index is 0.0971. The zero-order valence-electron chi connectivity index (χ0n) is 9.92. The van der Waals surface area contributed by atoms with Gasteiger partial charge in [-0.1, -0.05) is 12.2 Å². The third-order valence-electron chi connectivity index (χ3n) is 1.97. The lowest BCUT2D eigenvalue weighted by molar-refractivity contribution is -0.274. The van der Waals surface area contributed by atoms with Crippen LogP contribution >= 0.6 is 0 Å². The maximum atomic E-state index is 13.4. The maximum absolute atomic E-state index is 13.4. The molecule has 0 unspecified atom stereocenters. The van der Waals surface area contributed by atoms with Gasteiger partial charge in [0, 0.05) is 25.1 Å². The second-order valence-electron chi connectivity index (χ2n) is 3.57. The molecule has 0 aliphatic heterocycles. The van der Waals surface area contributed by atoms with Crippen molar-refractivity contribution < 1.29 is 27.1 Å². The van der Waals surface area contributed by atoms with Crippen LogP contribution in [0.25, 0.3) is 6.08 Å². The first-order chi connectivity index (χ1) is 8.78. The molecule has 1 rings (SSSR count). The van der Waals surface area contributed by atoms with E-state index in [1.54, 1.807) is 0 Å². The topological polar surface area (TPSA) is 38.3 Å². The second-order valence-corrected chi connectivity index (χ2v) is 3.57. The molecule has 19 heavy (non-hydrogen) atoms. The van der Waals surface area contributed by atoms with Crippen LogP contribution in [0.15, 0.2) is 24.3 Å². The quantitative estimate of drug-likeness (QED) is 0.859. The third-order valence-corrected chi connectivity index (χ3v) is 1.97. The molecule has 7 heteroatoms. The number of rotatable bonds is 4. The van der Waals surface area contributed by atoms with Gasteiger partial charge < -0.3 is 10.1 Å². The number of ether oxygens (including phenoxy) is 1. The number of alkyl halides is 3. The van der Waals surface area contributed by atoms with Crippen LogP contribution < -0.4 is 10.1 Å². The molecule has 0 aliphatic carbocycles. The maximum Gasteiger partial charge on any atom is 0.573 e. The Labute approximate surface area is 106 Å². The van der Waals surface area contributed by atoms with E-state index in [2.05, 4.69) is 10.1 Å². The zero-order valence-corrected chi connectivity index (χ0v) is 9.92. The van der Waals surface area contributed by atoms with E-state index in [-0.39, 0.29) is 18.0 Å². The van der Waals surface area contributed by atoms with Crippen molar-refractivity contribution in [1.29, 1.82) is 0 Å². The highest BCUT2D eigenvalue weighted by Gasteiger charge is 2.31. The Morgan fingerprint density at radius 2 is 2.11 bits per heavy atom. The first kappa shape index (κ1) is 15.0. The van der Waals surface area contributed by atoms with Crippen molar-refractivity contribution in [2.75, 3.05) is 6.54 Å². The summed E-state index contributed by atoms with van der Waals surface area (Å²) in [5, 5.41) is 2.46. The Hall–Kier alpha value is -2.05. The number of amides is 1. The van der Waals surface area contributed by atoms with Crippen molar-refractivity contribution in [3.05, 3.63) is 35.7 Å². The summed E-state index contributed by atoms with van der Waals surface area (Å²) in [6.45, 7) is 1.53. The molecule has 1 aromatic rings. The van der Waals surface area contributed by atoms with E-state index in [0.29, 0.717) is 6.07 Å². The van der Waals surface area contributed by atoms with Crippen LogP contribution in [0.2, 0.25) is 0 Å². The fourth-order valence-electron chi connectivity index (χ4n) is 1.23.